The van der Waals surface area contributed by atoms with Crippen molar-refractivity contribution >= 4 is 29.0 Å². The minimum atomic E-state index is -0.767. The number of likely N-dealkylation sites (N-methyl/N-ethyl adjacent to an activating group) is 1. The first kappa shape index (κ1) is 29.5. The zero-order valence-corrected chi connectivity index (χ0v) is 25.1. The van der Waals surface area contributed by atoms with Crippen LogP contribution in [0.5, 0.6) is 11.5 Å². The van der Waals surface area contributed by atoms with Crippen LogP contribution in [-0.4, -0.2) is 47.6 Å². The van der Waals surface area contributed by atoms with Gasteiger partial charge in [-0.2, -0.15) is 0 Å². The van der Waals surface area contributed by atoms with Crippen LogP contribution in [0.15, 0.2) is 80.1 Å². The molecule has 222 valence electrons. The molecular formula is C31H30N4O7S. The van der Waals surface area contributed by atoms with E-state index in [1.54, 1.807) is 55.3 Å². The number of carbonyl (C=O) groups is 1. The van der Waals surface area contributed by atoms with Gasteiger partial charge in [0.2, 0.25) is 0 Å². The molecule has 5 rings (SSSR count). The van der Waals surface area contributed by atoms with Crippen LogP contribution in [-0.2, 0) is 4.79 Å². The van der Waals surface area contributed by atoms with Crippen LogP contribution in [0.4, 0.5) is 5.69 Å². The minimum absolute atomic E-state index is 0.169. The van der Waals surface area contributed by atoms with Crippen LogP contribution in [0.2, 0.25) is 0 Å². The van der Waals surface area contributed by atoms with Gasteiger partial charge < -0.3 is 18.8 Å². The number of benzene rings is 2. The average Bonchev–Trinajstić information content (AvgIpc) is 3.60. The van der Waals surface area contributed by atoms with Gasteiger partial charge in [-0.1, -0.05) is 29.5 Å². The highest BCUT2D eigenvalue weighted by atomic mass is 32.1. The Morgan fingerprint density at radius 3 is 2.56 bits per heavy atom. The van der Waals surface area contributed by atoms with Crippen molar-refractivity contribution in [2.45, 2.75) is 26.8 Å². The number of hydrogen-bond acceptors (Lipinski definition) is 9. The number of rotatable bonds is 9. The molecule has 4 aromatic rings. The van der Waals surface area contributed by atoms with E-state index in [2.05, 4.69) is 4.99 Å². The molecule has 2 aromatic heterocycles. The number of amides is 1. The van der Waals surface area contributed by atoms with Gasteiger partial charge in [0, 0.05) is 24.7 Å². The Morgan fingerprint density at radius 1 is 1.14 bits per heavy atom. The first-order valence-electron chi connectivity index (χ1n) is 13.6. The maximum Gasteiger partial charge on any atom is 0.284 e. The molecule has 1 atom stereocenters. The molecule has 1 aliphatic heterocycles. The van der Waals surface area contributed by atoms with Crippen molar-refractivity contribution in [1.29, 1.82) is 0 Å². The van der Waals surface area contributed by atoms with Crippen molar-refractivity contribution in [2.75, 3.05) is 27.3 Å². The van der Waals surface area contributed by atoms with Gasteiger partial charge in [-0.25, -0.2) is 4.99 Å². The first-order valence-corrected chi connectivity index (χ1v) is 14.4. The highest BCUT2D eigenvalue weighted by molar-refractivity contribution is 7.07. The highest BCUT2D eigenvalue weighted by Gasteiger charge is 2.35. The molecular weight excluding hydrogens is 572 g/mol. The Labute approximate surface area is 250 Å². The molecule has 0 saturated heterocycles. The predicted molar refractivity (Wildman–Crippen MR) is 162 cm³/mol. The Balaban J connectivity index is 1.66. The van der Waals surface area contributed by atoms with Crippen LogP contribution in [0, 0.1) is 10.1 Å². The Bertz CT molecular complexity index is 1930. The van der Waals surface area contributed by atoms with E-state index >= 15 is 0 Å². The number of aromatic nitrogens is 1. The van der Waals surface area contributed by atoms with Crippen molar-refractivity contribution in [3.05, 3.63) is 107 Å². The van der Waals surface area contributed by atoms with Crippen LogP contribution in [0.3, 0.4) is 0 Å². The van der Waals surface area contributed by atoms with Crippen molar-refractivity contribution in [1.82, 2.24) is 9.47 Å². The van der Waals surface area contributed by atoms with Crippen molar-refractivity contribution < 1.29 is 23.6 Å². The molecule has 1 amide bonds. The van der Waals surface area contributed by atoms with E-state index in [4.69, 9.17) is 13.9 Å². The molecule has 3 heterocycles. The van der Waals surface area contributed by atoms with E-state index in [1.807, 2.05) is 32.0 Å². The molecule has 0 spiro atoms. The van der Waals surface area contributed by atoms with E-state index in [0.717, 1.165) is 0 Å². The number of thiazole rings is 1. The summed E-state index contributed by atoms with van der Waals surface area (Å²) in [6.07, 6.45) is 1.58. The lowest BCUT2D eigenvalue weighted by atomic mass is 9.94. The third-order valence-electron chi connectivity index (χ3n) is 7.30. The summed E-state index contributed by atoms with van der Waals surface area (Å²) in [6.45, 7) is 6.59. The standard InChI is InChI=1S/C31H30N4O7S/c1-6-33(7-2)30(37)27-18(3)32-31-34(28(27)22-10-8-9-11-24(22)41-5)29(36)26(43-31)17-20-13-15-25(42-20)21-14-12-19(40-4)16-23(21)35(38)39/h8-17,28H,6-7H2,1-5H3/b26-17+/t28-/m0/s1. The Hall–Kier alpha value is -4.97. The van der Waals surface area contributed by atoms with E-state index in [9.17, 15) is 19.7 Å². The van der Waals surface area contributed by atoms with Gasteiger partial charge in [0.1, 0.15) is 29.1 Å². The number of nitrogens with zero attached hydrogens (tertiary/aromatic N) is 4. The highest BCUT2D eigenvalue weighted by Crippen LogP contribution is 2.36. The summed E-state index contributed by atoms with van der Waals surface area (Å²) in [5.74, 6) is 1.28. The third-order valence-corrected chi connectivity index (χ3v) is 8.29. The van der Waals surface area contributed by atoms with Crippen molar-refractivity contribution in [3.63, 3.8) is 0 Å². The van der Waals surface area contributed by atoms with Gasteiger partial charge in [-0.05, 0) is 51.1 Å². The Kier molecular flexibility index (Phi) is 8.31. The van der Waals surface area contributed by atoms with E-state index in [0.29, 0.717) is 56.5 Å². The summed E-state index contributed by atoms with van der Waals surface area (Å²) < 4.78 is 18.6. The maximum absolute atomic E-state index is 14.0. The number of furan rings is 1. The smallest absolute Gasteiger partial charge is 0.284 e. The number of ether oxygens (including phenoxy) is 2. The van der Waals surface area contributed by atoms with Crippen LogP contribution < -0.4 is 24.4 Å². The van der Waals surface area contributed by atoms with Gasteiger partial charge >= 0.3 is 0 Å². The zero-order valence-electron chi connectivity index (χ0n) is 24.3. The number of allylic oxidation sites excluding steroid dienone is 1. The van der Waals surface area contributed by atoms with Gasteiger partial charge in [-0.3, -0.25) is 24.3 Å². The van der Waals surface area contributed by atoms with Crippen molar-refractivity contribution in [3.8, 4) is 22.8 Å². The molecule has 0 saturated carbocycles. The van der Waals surface area contributed by atoms with Crippen molar-refractivity contribution in [2.24, 2.45) is 4.99 Å². The second kappa shape index (κ2) is 12.1. The topological polar surface area (TPSA) is 129 Å². The fraction of sp³-hybridized carbons (Fsp3) is 0.258. The quantitative estimate of drug-likeness (QED) is 0.206. The summed E-state index contributed by atoms with van der Waals surface area (Å²) in [5.41, 5.74) is 1.34. The fourth-order valence-electron chi connectivity index (χ4n) is 5.16. The van der Waals surface area contributed by atoms with E-state index < -0.39 is 11.0 Å². The molecule has 0 radical (unpaired) electrons. The Morgan fingerprint density at radius 2 is 1.88 bits per heavy atom. The summed E-state index contributed by atoms with van der Waals surface area (Å²) in [4.78, 5) is 45.8. The number of para-hydroxylation sites is 1. The lowest BCUT2D eigenvalue weighted by Gasteiger charge is -2.29. The molecule has 0 unspecified atom stereocenters. The SMILES string of the molecule is CCN(CC)C(=O)C1=C(C)N=c2s/c(=C/c3ccc(-c4ccc(OC)cc4[N+](=O)[O-])o3)c(=O)n2[C@H]1c1ccccc1OC. The molecule has 2 aromatic carbocycles. The monoisotopic (exact) mass is 602 g/mol. The molecule has 0 aliphatic carbocycles. The summed E-state index contributed by atoms with van der Waals surface area (Å²) >= 11 is 1.17. The second-order valence-electron chi connectivity index (χ2n) is 9.64. The van der Waals surface area contributed by atoms with E-state index in [-0.39, 0.29) is 28.5 Å². The predicted octanol–water partition coefficient (Wildman–Crippen LogP) is 4.29. The third kappa shape index (κ3) is 5.37. The van der Waals surface area contributed by atoms with Crippen LogP contribution in [0.25, 0.3) is 17.4 Å². The molecule has 1 aliphatic rings. The van der Waals surface area contributed by atoms with Gasteiger partial charge in [0.05, 0.1) is 46.6 Å². The molecule has 43 heavy (non-hydrogen) atoms. The van der Waals surface area contributed by atoms with Gasteiger partial charge in [0.15, 0.2) is 4.80 Å². The van der Waals surface area contributed by atoms with Crippen LogP contribution >= 0.6 is 11.3 Å². The second-order valence-corrected chi connectivity index (χ2v) is 10.7. The van der Waals surface area contributed by atoms with E-state index in [1.165, 1.54) is 29.1 Å². The molecule has 0 N–H and O–H groups in total. The number of hydrogen-bond donors (Lipinski definition) is 0. The maximum atomic E-state index is 14.0. The average molecular weight is 603 g/mol. The lowest BCUT2D eigenvalue weighted by molar-refractivity contribution is -0.384. The van der Waals surface area contributed by atoms with Gasteiger partial charge in [0.25, 0.3) is 17.2 Å². The summed E-state index contributed by atoms with van der Waals surface area (Å²) in [7, 11) is 2.98. The molecule has 0 bridgehead atoms. The fourth-order valence-corrected chi connectivity index (χ4v) is 6.19. The summed E-state index contributed by atoms with van der Waals surface area (Å²) in [5, 5.41) is 11.7. The number of methoxy groups -OCH3 is 2. The lowest BCUT2D eigenvalue weighted by Crippen LogP contribution is -2.43. The molecule has 0 fully saturated rings. The summed E-state index contributed by atoms with van der Waals surface area (Å²) in [6, 6.07) is 14.3. The number of nitro benzene ring substituents is 1. The number of carbonyl (C=O) groups excluding carboxylic acids is 1. The number of nitro groups is 1. The molecule has 11 nitrogen and oxygen atoms in total. The number of fused-ring (bicyclic) bond motifs is 1. The minimum Gasteiger partial charge on any atom is -0.497 e. The normalized spacial score (nSPS) is 14.7. The molecule has 12 heteroatoms. The zero-order chi connectivity index (χ0) is 30.8. The first-order chi connectivity index (χ1) is 20.7. The van der Waals surface area contributed by atoms with Gasteiger partial charge in [-0.15, -0.1) is 0 Å². The largest absolute Gasteiger partial charge is 0.497 e. The van der Waals surface area contributed by atoms with Crippen LogP contribution in [0.1, 0.15) is 38.1 Å².